The molecule has 0 unspecified atom stereocenters. The summed E-state index contributed by atoms with van der Waals surface area (Å²) < 4.78 is 0. The van der Waals surface area contributed by atoms with Gasteiger partial charge in [-0.3, -0.25) is 0 Å². The normalized spacial score (nSPS) is 11.5. The third kappa shape index (κ3) is 5.35. The van der Waals surface area contributed by atoms with Gasteiger partial charge in [-0.05, 0) is 17.0 Å². The topological polar surface area (TPSA) is 0 Å². The Morgan fingerprint density at radius 1 is 0.636 bits per heavy atom. The number of rotatable bonds is 3. The van der Waals surface area contributed by atoms with Gasteiger partial charge in [-0.2, -0.15) is 0 Å². The summed E-state index contributed by atoms with van der Waals surface area (Å²) in [4.78, 5) is 0. The van der Waals surface area contributed by atoms with Crippen LogP contribution in [-0.4, -0.2) is 17.0 Å². The van der Waals surface area contributed by atoms with Crippen LogP contribution in [0.5, 0.6) is 0 Å². The Labute approximate surface area is 86.9 Å². The molecule has 0 saturated carbocycles. The van der Waals surface area contributed by atoms with Crippen molar-refractivity contribution in [2.75, 3.05) is 0 Å². The molecule has 0 aliphatic heterocycles. The first kappa shape index (κ1) is 14.6. The average molecular weight is 346 g/mol. The molecular formula is C9H21PRe. The van der Waals surface area contributed by atoms with Crippen molar-refractivity contribution in [2.45, 2.75) is 58.5 Å². The minimum atomic E-state index is 0. The Morgan fingerprint density at radius 2 is 0.818 bits per heavy atom. The van der Waals surface area contributed by atoms with Crippen molar-refractivity contribution in [1.29, 1.82) is 0 Å². The fourth-order valence-corrected chi connectivity index (χ4v) is 5.37. The van der Waals surface area contributed by atoms with Crippen LogP contribution < -0.4 is 0 Å². The van der Waals surface area contributed by atoms with E-state index in [2.05, 4.69) is 41.5 Å². The summed E-state index contributed by atoms with van der Waals surface area (Å²) in [5.41, 5.74) is 2.69. The van der Waals surface area contributed by atoms with E-state index in [0.29, 0.717) is 0 Å². The summed E-state index contributed by atoms with van der Waals surface area (Å²) >= 11 is 0. The fraction of sp³-hybridized carbons (Fsp3) is 1.00. The monoisotopic (exact) mass is 347 g/mol. The summed E-state index contributed by atoms with van der Waals surface area (Å²) in [5.74, 6) is 0. The molecule has 0 aromatic carbocycles. The summed E-state index contributed by atoms with van der Waals surface area (Å²) in [6.45, 7) is 14.1. The molecule has 0 atom stereocenters. The van der Waals surface area contributed by atoms with Crippen LogP contribution in [-0.2, 0) is 20.4 Å². The summed E-state index contributed by atoms with van der Waals surface area (Å²) in [7, 11) is 0.262. The van der Waals surface area contributed by atoms with E-state index in [-0.39, 0.29) is 28.3 Å². The van der Waals surface area contributed by atoms with Gasteiger partial charge >= 0.3 is 0 Å². The molecule has 0 aromatic heterocycles. The number of hydrogen-bond acceptors (Lipinski definition) is 0. The Kier molecular flexibility index (Phi) is 8.75. The Morgan fingerprint density at radius 3 is 0.818 bits per heavy atom. The third-order valence-corrected chi connectivity index (χ3v) is 5.37. The van der Waals surface area contributed by atoms with Crippen LogP contribution in [0.15, 0.2) is 0 Å². The van der Waals surface area contributed by atoms with Gasteiger partial charge in [0.2, 0.25) is 0 Å². The quantitative estimate of drug-likeness (QED) is 0.684. The van der Waals surface area contributed by atoms with Crippen molar-refractivity contribution in [2.24, 2.45) is 0 Å². The molecule has 0 aromatic rings. The first-order valence-corrected chi connectivity index (χ1v) is 5.79. The molecule has 0 nitrogen and oxygen atoms in total. The van der Waals surface area contributed by atoms with Gasteiger partial charge in [0.15, 0.2) is 0 Å². The first-order valence-electron chi connectivity index (χ1n) is 4.24. The SMILES string of the molecule is CC(C)P(C(C)C)C(C)C.[Re]. The predicted octanol–water partition coefficient (Wildman–Crippen LogP) is 3.69. The molecule has 69 valence electrons. The molecule has 0 heterocycles. The zero-order valence-corrected chi connectivity index (χ0v) is 12.2. The van der Waals surface area contributed by atoms with Gasteiger partial charge in [-0.1, -0.05) is 49.5 Å². The Bertz CT molecular complexity index is 70.5. The van der Waals surface area contributed by atoms with Crippen LogP contribution in [0.4, 0.5) is 0 Å². The molecular weight excluding hydrogens is 325 g/mol. The van der Waals surface area contributed by atoms with Crippen LogP contribution in [0, 0.1) is 0 Å². The fourth-order valence-electron chi connectivity index (χ4n) is 1.79. The second-order valence-electron chi connectivity index (χ2n) is 3.73. The molecule has 0 fully saturated rings. The number of hydrogen-bond donors (Lipinski definition) is 0. The maximum absolute atomic E-state index is 2.35. The zero-order chi connectivity index (χ0) is 8.31. The van der Waals surface area contributed by atoms with E-state index in [4.69, 9.17) is 0 Å². The molecule has 1 radical (unpaired) electrons. The van der Waals surface area contributed by atoms with Gasteiger partial charge in [0.05, 0.1) is 0 Å². The van der Waals surface area contributed by atoms with Crippen molar-refractivity contribution in [3.63, 3.8) is 0 Å². The van der Waals surface area contributed by atoms with Gasteiger partial charge < -0.3 is 0 Å². The van der Waals surface area contributed by atoms with E-state index in [1.165, 1.54) is 0 Å². The molecule has 11 heavy (non-hydrogen) atoms. The Balaban J connectivity index is 0. The van der Waals surface area contributed by atoms with Gasteiger partial charge in [0, 0.05) is 20.4 Å². The smallest absolute Gasteiger partial charge is 0 e. The van der Waals surface area contributed by atoms with E-state index < -0.39 is 0 Å². The summed E-state index contributed by atoms with van der Waals surface area (Å²) in [6, 6.07) is 0. The largest absolute Gasteiger partial charge is 0.0988 e. The molecule has 0 N–H and O–H groups in total. The van der Waals surface area contributed by atoms with E-state index in [1.807, 2.05) is 0 Å². The average Bonchev–Trinajstić information content (AvgIpc) is 1.59. The second kappa shape index (κ2) is 6.59. The Hall–Kier alpha value is 1.09. The van der Waals surface area contributed by atoms with Crippen LogP contribution in [0.1, 0.15) is 41.5 Å². The van der Waals surface area contributed by atoms with Crippen LogP contribution >= 0.6 is 7.92 Å². The molecule has 2 heteroatoms. The molecule has 0 rings (SSSR count). The molecule has 0 saturated heterocycles. The minimum absolute atomic E-state index is 0. The first-order chi connectivity index (χ1) is 4.46. The third-order valence-electron chi connectivity index (χ3n) is 1.79. The zero-order valence-electron chi connectivity index (χ0n) is 8.56. The molecule has 0 spiro atoms. The maximum atomic E-state index is 2.35. The second-order valence-corrected chi connectivity index (χ2v) is 7.72. The van der Waals surface area contributed by atoms with Gasteiger partial charge in [-0.25, -0.2) is 0 Å². The van der Waals surface area contributed by atoms with E-state index >= 15 is 0 Å². The van der Waals surface area contributed by atoms with Crippen molar-refractivity contribution in [3.8, 4) is 0 Å². The van der Waals surface area contributed by atoms with Gasteiger partial charge in [0.1, 0.15) is 0 Å². The van der Waals surface area contributed by atoms with Gasteiger partial charge in [-0.15, -0.1) is 0 Å². The standard InChI is InChI=1S/C9H21P.Re/c1-7(2)10(8(3)4)9(5)6;/h7-9H,1-6H3;. The van der Waals surface area contributed by atoms with Crippen LogP contribution in [0.3, 0.4) is 0 Å². The predicted molar refractivity (Wildman–Crippen MR) is 52.3 cm³/mol. The molecule has 0 amide bonds. The van der Waals surface area contributed by atoms with Crippen LogP contribution in [0.25, 0.3) is 0 Å². The van der Waals surface area contributed by atoms with Crippen LogP contribution in [0.2, 0.25) is 0 Å². The van der Waals surface area contributed by atoms with E-state index in [0.717, 1.165) is 17.0 Å². The van der Waals surface area contributed by atoms with Crippen molar-refractivity contribution < 1.29 is 20.4 Å². The van der Waals surface area contributed by atoms with Crippen molar-refractivity contribution in [3.05, 3.63) is 0 Å². The molecule has 0 aliphatic rings. The van der Waals surface area contributed by atoms with E-state index in [9.17, 15) is 0 Å². The van der Waals surface area contributed by atoms with Gasteiger partial charge in [0.25, 0.3) is 0 Å². The van der Waals surface area contributed by atoms with Crippen molar-refractivity contribution in [1.82, 2.24) is 0 Å². The molecule has 0 bridgehead atoms. The maximum Gasteiger partial charge on any atom is 0 e. The summed E-state index contributed by atoms with van der Waals surface area (Å²) in [5, 5.41) is 0. The summed E-state index contributed by atoms with van der Waals surface area (Å²) in [6.07, 6.45) is 0. The van der Waals surface area contributed by atoms with E-state index in [1.54, 1.807) is 0 Å². The minimum Gasteiger partial charge on any atom is -0.0988 e. The van der Waals surface area contributed by atoms with Crippen molar-refractivity contribution >= 4 is 7.92 Å². The molecule has 0 aliphatic carbocycles.